The summed E-state index contributed by atoms with van der Waals surface area (Å²) in [5.74, 6) is 1.21. The van der Waals surface area contributed by atoms with Crippen LogP contribution in [0.25, 0.3) is 0 Å². The summed E-state index contributed by atoms with van der Waals surface area (Å²) < 4.78 is 11.2. The molecule has 0 heterocycles. The SMILES string of the molecule is CCCCC(C)C(C)(C)CCCCOC(=O)C1CCC(C(=O)OCCCCC(C)(C)C(C)CCCC)CC1. The molecular formula is C34H64O4. The van der Waals surface area contributed by atoms with Crippen LogP contribution in [0.5, 0.6) is 0 Å². The predicted octanol–water partition coefficient (Wildman–Crippen LogP) is 9.92. The molecule has 224 valence electrons. The second kappa shape index (κ2) is 18.3. The van der Waals surface area contributed by atoms with E-state index < -0.39 is 0 Å². The second-order valence-electron chi connectivity index (χ2n) is 13.9. The Balaban J connectivity index is 2.18. The Morgan fingerprint density at radius 1 is 0.632 bits per heavy atom. The Bertz CT molecular complexity index is 589. The van der Waals surface area contributed by atoms with E-state index in [4.69, 9.17) is 9.47 Å². The van der Waals surface area contributed by atoms with Gasteiger partial charge in [-0.25, -0.2) is 0 Å². The van der Waals surface area contributed by atoms with E-state index in [9.17, 15) is 9.59 Å². The number of carbonyl (C=O) groups excluding carboxylic acids is 2. The van der Waals surface area contributed by atoms with Crippen molar-refractivity contribution in [3.8, 4) is 0 Å². The highest BCUT2D eigenvalue weighted by Gasteiger charge is 2.32. The molecule has 0 saturated heterocycles. The van der Waals surface area contributed by atoms with Crippen LogP contribution in [0, 0.1) is 34.5 Å². The van der Waals surface area contributed by atoms with Gasteiger partial charge < -0.3 is 9.47 Å². The van der Waals surface area contributed by atoms with Gasteiger partial charge in [0.1, 0.15) is 0 Å². The smallest absolute Gasteiger partial charge is 0.308 e. The molecule has 0 aliphatic heterocycles. The molecule has 1 fully saturated rings. The first-order chi connectivity index (χ1) is 17.9. The summed E-state index contributed by atoms with van der Waals surface area (Å²) in [5, 5.41) is 0. The van der Waals surface area contributed by atoms with Gasteiger partial charge in [-0.2, -0.15) is 0 Å². The quantitative estimate of drug-likeness (QED) is 0.115. The number of rotatable bonds is 20. The monoisotopic (exact) mass is 536 g/mol. The fourth-order valence-corrected chi connectivity index (χ4v) is 5.81. The molecule has 1 rings (SSSR count). The Morgan fingerprint density at radius 3 is 1.29 bits per heavy atom. The predicted molar refractivity (Wildman–Crippen MR) is 160 cm³/mol. The van der Waals surface area contributed by atoms with Crippen LogP contribution in [0.1, 0.15) is 158 Å². The van der Waals surface area contributed by atoms with Gasteiger partial charge in [-0.1, -0.05) is 93.9 Å². The summed E-state index contributed by atoms with van der Waals surface area (Å²) in [7, 11) is 0. The van der Waals surface area contributed by atoms with Gasteiger partial charge in [0.05, 0.1) is 25.0 Å². The van der Waals surface area contributed by atoms with Crippen molar-refractivity contribution < 1.29 is 19.1 Å². The van der Waals surface area contributed by atoms with Crippen molar-refractivity contribution in [2.75, 3.05) is 13.2 Å². The lowest BCUT2D eigenvalue weighted by molar-refractivity contribution is -0.155. The van der Waals surface area contributed by atoms with Crippen LogP contribution in [0.2, 0.25) is 0 Å². The van der Waals surface area contributed by atoms with Gasteiger partial charge in [-0.05, 0) is 86.9 Å². The van der Waals surface area contributed by atoms with Crippen LogP contribution in [0.15, 0.2) is 0 Å². The zero-order valence-electron chi connectivity index (χ0n) is 26.7. The Hall–Kier alpha value is -1.06. The molecule has 0 radical (unpaired) electrons. The van der Waals surface area contributed by atoms with Crippen LogP contribution in [0.3, 0.4) is 0 Å². The highest BCUT2D eigenvalue weighted by molar-refractivity contribution is 5.75. The molecule has 0 bridgehead atoms. The summed E-state index contributed by atoms with van der Waals surface area (Å²) in [6.07, 6.45) is 17.1. The molecule has 1 aliphatic rings. The van der Waals surface area contributed by atoms with E-state index >= 15 is 0 Å². The zero-order chi connectivity index (χ0) is 28.6. The normalized spacial score (nSPS) is 20.1. The Morgan fingerprint density at radius 2 is 0.974 bits per heavy atom. The van der Waals surface area contributed by atoms with E-state index in [0.717, 1.165) is 63.2 Å². The van der Waals surface area contributed by atoms with Crippen LogP contribution in [0.4, 0.5) is 0 Å². The van der Waals surface area contributed by atoms with Crippen molar-refractivity contribution in [3.63, 3.8) is 0 Å². The average molecular weight is 537 g/mol. The molecule has 4 nitrogen and oxygen atoms in total. The zero-order valence-corrected chi connectivity index (χ0v) is 26.7. The van der Waals surface area contributed by atoms with Gasteiger partial charge in [0.15, 0.2) is 0 Å². The van der Waals surface area contributed by atoms with E-state index in [1.54, 1.807) is 0 Å². The minimum absolute atomic E-state index is 0.0542. The molecule has 38 heavy (non-hydrogen) atoms. The van der Waals surface area contributed by atoms with Crippen molar-refractivity contribution in [3.05, 3.63) is 0 Å². The minimum Gasteiger partial charge on any atom is -0.465 e. The van der Waals surface area contributed by atoms with E-state index in [0.29, 0.717) is 24.0 Å². The molecule has 0 aromatic rings. The van der Waals surface area contributed by atoms with Crippen molar-refractivity contribution >= 4 is 11.9 Å². The van der Waals surface area contributed by atoms with Gasteiger partial charge in [0.2, 0.25) is 0 Å². The van der Waals surface area contributed by atoms with Crippen LogP contribution in [-0.4, -0.2) is 25.2 Å². The fraction of sp³-hybridized carbons (Fsp3) is 0.941. The van der Waals surface area contributed by atoms with Gasteiger partial charge in [0.25, 0.3) is 0 Å². The molecule has 0 amide bonds. The van der Waals surface area contributed by atoms with Gasteiger partial charge in [-0.3, -0.25) is 9.59 Å². The maximum atomic E-state index is 12.6. The van der Waals surface area contributed by atoms with Crippen LogP contribution < -0.4 is 0 Å². The number of unbranched alkanes of at least 4 members (excludes halogenated alkanes) is 4. The standard InChI is InChI=1S/C34H64O4/c1-9-11-17-27(3)33(5,6)23-13-15-25-37-31(35)29-19-21-30(22-20-29)32(36)38-26-16-14-24-34(7,8)28(4)18-12-10-2/h27-30H,9-26H2,1-8H3. The fourth-order valence-electron chi connectivity index (χ4n) is 5.81. The van der Waals surface area contributed by atoms with Crippen LogP contribution in [-0.2, 0) is 19.1 Å². The molecule has 4 heteroatoms. The summed E-state index contributed by atoms with van der Waals surface area (Å²) in [6.45, 7) is 19.8. The summed E-state index contributed by atoms with van der Waals surface area (Å²) in [5.41, 5.74) is 0.686. The lowest BCUT2D eigenvalue weighted by atomic mass is 9.74. The highest BCUT2D eigenvalue weighted by Crippen LogP contribution is 2.37. The number of ether oxygens (including phenoxy) is 2. The number of hydrogen-bond donors (Lipinski definition) is 0. The molecule has 0 aromatic carbocycles. The third-order valence-electron chi connectivity index (χ3n) is 9.96. The maximum absolute atomic E-state index is 12.6. The van der Waals surface area contributed by atoms with E-state index in [2.05, 4.69) is 55.4 Å². The highest BCUT2D eigenvalue weighted by atomic mass is 16.5. The summed E-state index contributed by atoms with van der Waals surface area (Å²) >= 11 is 0. The first-order valence-corrected chi connectivity index (χ1v) is 16.3. The van der Waals surface area contributed by atoms with Gasteiger partial charge in [0, 0.05) is 0 Å². The molecule has 1 saturated carbocycles. The lowest BCUT2D eigenvalue weighted by Gasteiger charge is -2.32. The molecule has 0 N–H and O–H groups in total. The van der Waals surface area contributed by atoms with Gasteiger partial charge >= 0.3 is 11.9 Å². The third kappa shape index (κ3) is 13.3. The molecule has 2 unspecified atom stereocenters. The van der Waals surface area contributed by atoms with Gasteiger partial charge in [-0.15, -0.1) is 0 Å². The Kier molecular flexibility index (Phi) is 16.9. The average Bonchev–Trinajstić information content (AvgIpc) is 2.89. The summed E-state index contributed by atoms with van der Waals surface area (Å²) in [6, 6.07) is 0. The number of hydrogen-bond acceptors (Lipinski definition) is 4. The van der Waals surface area contributed by atoms with Crippen molar-refractivity contribution in [2.24, 2.45) is 34.5 Å². The topological polar surface area (TPSA) is 52.6 Å². The van der Waals surface area contributed by atoms with E-state index in [-0.39, 0.29) is 23.8 Å². The lowest BCUT2D eigenvalue weighted by Crippen LogP contribution is -2.28. The Labute approximate surface area is 236 Å². The molecular weight excluding hydrogens is 472 g/mol. The second-order valence-corrected chi connectivity index (χ2v) is 13.9. The largest absolute Gasteiger partial charge is 0.465 e. The third-order valence-corrected chi connectivity index (χ3v) is 9.96. The summed E-state index contributed by atoms with van der Waals surface area (Å²) in [4.78, 5) is 25.1. The molecule has 0 aromatic heterocycles. The van der Waals surface area contributed by atoms with Crippen molar-refractivity contribution in [1.29, 1.82) is 0 Å². The first kappa shape index (κ1) is 35.0. The maximum Gasteiger partial charge on any atom is 0.308 e. The molecule has 1 aliphatic carbocycles. The van der Waals surface area contributed by atoms with E-state index in [1.807, 2.05) is 0 Å². The molecule has 0 spiro atoms. The number of carbonyl (C=O) groups is 2. The minimum atomic E-state index is -0.0665. The van der Waals surface area contributed by atoms with E-state index in [1.165, 1.54) is 51.4 Å². The number of esters is 2. The molecule has 2 atom stereocenters. The van der Waals surface area contributed by atoms with Crippen molar-refractivity contribution in [2.45, 2.75) is 158 Å². The van der Waals surface area contributed by atoms with Crippen LogP contribution >= 0.6 is 0 Å². The van der Waals surface area contributed by atoms with Crippen molar-refractivity contribution in [1.82, 2.24) is 0 Å². The first-order valence-electron chi connectivity index (χ1n) is 16.3.